The average molecular weight is 369 g/mol. The predicted molar refractivity (Wildman–Crippen MR) is 74.6 cm³/mol. The van der Waals surface area contributed by atoms with Crippen molar-refractivity contribution in [2.45, 2.75) is 11.1 Å². The summed E-state index contributed by atoms with van der Waals surface area (Å²) in [6.45, 7) is 1.76. The van der Waals surface area contributed by atoms with Crippen LogP contribution >= 0.6 is 38.9 Å². The molecule has 2 aromatic heterocycles. The molecule has 2 rings (SSSR count). The fourth-order valence-corrected chi connectivity index (χ4v) is 4.25. The van der Waals surface area contributed by atoms with Crippen LogP contribution in [0.25, 0.3) is 0 Å². The molecule has 0 saturated heterocycles. The van der Waals surface area contributed by atoms with E-state index in [1.807, 2.05) is 0 Å². The van der Waals surface area contributed by atoms with E-state index in [1.54, 1.807) is 6.92 Å². The van der Waals surface area contributed by atoms with Crippen molar-refractivity contribution in [3.63, 3.8) is 0 Å². The van der Waals surface area contributed by atoms with Gasteiger partial charge in [0.05, 0.1) is 16.2 Å². The molecule has 96 valence electrons. The first-order valence-electron chi connectivity index (χ1n) is 4.66. The Morgan fingerprint density at radius 1 is 1.44 bits per heavy atom. The number of hydrogen-bond donors (Lipinski definition) is 1. The SMILES string of the molecule is Cc1cnc(NS(=O)(=O)c2ccc(Cl)s2)c(Br)n1. The van der Waals surface area contributed by atoms with E-state index in [1.165, 1.54) is 18.3 Å². The molecule has 0 radical (unpaired) electrons. The van der Waals surface area contributed by atoms with Gasteiger partial charge in [-0.3, -0.25) is 4.72 Å². The lowest BCUT2D eigenvalue weighted by molar-refractivity contribution is 0.603. The van der Waals surface area contributed by atoms with Gasteiger partial charge in [-0.05, 0) is 35.0 Å². The number of anilines is 1. The van der Waals surface area contributed by atoms with Crippen LogP contribution in [0.5, 0.6) is 0 Å². The van der Waals surface area contributed by atoms with Gasteiger partial charge in [0.15, 0.2) is 5.82 Å². The second-order valence-corrected chi connectivity index (χ2v) is 7.69. The van der Waals surface area contributed by atoms with Crippen molar-refractivity contribution in [1.82, 2.24) is 9.97 Å². The fraction of sp³-hybridized carbons (Fsp3) is 0.111. The topological polar surface area (TPSA) is 72.0 Å². The Kier molecular flexibility index (Phi) is 3.90. The molecule has 0 aliphatic rings. The molecule has 1 N–H and O–H groups in total. The number of rotatable bonds is 3. The van der Waals surface area contributed by atoms with Crippen LogP contribution in [0.3, 0.4) is 0 Å². The molecule has 5 nitrogen and oxygen atoms in total. The zero-order valence-electron chi connectivity index (χ0n) is 9.02. The molecule has 18 heavy (non-hydrogen) atoms. The maximum Gasteiger partial charge on any atom is 0.272 e. The van der Waals surface area contributed by atoms with E-state index in [-0.39, 0.29) is 10.0 Å². The minimum atomic E-state index is -3.68. The van der Waals surface area contributed by atoms with E-state index in [2.05, 4.69) is 30.6 Å². The van der Waals surface area contributed by atoms with Crippen molar-refractivity contribution < 1.29 is 8.42 Å². The van der Waals surface area contributed by atoms with Crippen molar-refractivity contribution in [3.8, 4) is 0 Å². The molecule has 0 saturated carbocycles. The number of aryl methyl sites for hydroxylation is 1. The first kappa shape index (κ1) is 13.7. The Labute approximate surface area is 121 Å². The lowest BCUT2D eigenvalue weighted by Crippen LogP contribution is -2.13. The van der Waals surface area contributed by atoms with Crippen molar-refractivity contribution >= 4 is 54.7 Å². The molecule has 0 atom stereocenters. The zero-order valence-corrected chi connectivity index (χ0v) is 13.0. The highest BCUT2D eigenvalue weighted by molar-refractivity contribution is 9.10. The van der Waals surface area contributed by atoms with E-state index in [0.29, 0.717) is 14.6 Å². The van der Waals surface area contributed by atoms with E-state index >= 15 is 0 Å². The first-order chi connectivity index (χ1) is 8.38. The summed E-state index contributed by atoms with van der Waals surface area (Å²) in [5, 5.41) is 0. The van der Waals surface area contributed by atoms with Gasteiger partial charge in [-0.15, -0.1) is 11.3 Å². The molecule has 0 unspecified atom stereocenters. The summed E-state index contributed by atoms with van der Waals surface area (Å²) in [5.74, 6) is 0.144. The number of thiophene rings is 1. The third-order valence-corrected chi connectivity index (χ3v) is 5.51. The van der Waals surface area contributed by atoms with Crippen LogP contribution in [0.2, 0.25) is 4.34 Å². The van der Waals surface area contributed by atoms with E-state index < -0.39 is 10.0 Å². The van der Waals surface area contributed by atoms with Crippen molar-refractivity contribution in [3.05, 3.63) is 33.0 Å². The van der Waals surface area contributed by atoms with Gasteiger partial charge in [-0.25, -0.2) is 18.4 Å². The van der Waals surface area contributed by atoms with Crippen LogP contribution in [-0.2, 0) is 10.0 Å². The summed E-state index contributed by atoms with van der Waals surface area (Å²) < 4.78 is 27.2. The summed E-state index contributed by atoms with van der Waals surface area (Å²) >= 11 is 9.84. The number of nitrogens with zero attached hydrogens (tertiary/aromatic N) is 2. The molecular weight excluding hydrogens is 362 g/mol. The third-order valence-electron chi connectivity index (χ3n) is 1.89. The number of aromatic nitrogens is 2. The second kappa shape index (κ2) is 5.12. The largest absolute Gasteiger partial charge is 0.272 e. The van der Waals surface area contributed by atoms with Gasteiger partial charge in [-0.1, -0.05) is 11.6 Å². The normalized spacial score (nSPS) is 11.5. The minimum absolute atomic E-state index is 0.127. The lowest BCUT2D eigenvalue weighted by Gasteiger charge is -2.06. The molecule has 2 heterocycles. The fourth-order valence-electron chi connectivity index (χ4n) is 1.14. The number of nitrogens with one attached hydrogen (secondary N) is 1. The zero-order chi connectivity index (χ0) is 13.3. The van der Waals surface area contributed by atoms with E-state index in [9.17, 15) is 8.42 Å². The van der Waals surface area contributed by atoms with Crippen LogP contribution < -0.4 is 4.72 Å². The van der Waals surface area contributed by atoms with Gasteiger partial charge in [0.25, 0.3) is 10.0 Å². The highest BCUT2D eigenvalue weighted by atomic mass is 79.9. The molecule has 0 aromatic carbocycles. The van der Waals surface area contributed by atoms with Gasteiger partial charge < -0.3 is 0 Å². The lowest BCUT2D eigenvalue weighted by atomic mass is 10.5. The van der Waals surface area contributed by atoms with Gasteiger partial charge in [-0.2, -0.15) is 0 Å². The quantitative estimate of drug-likeness (QED) is 0.903. The van der Waals surface area contributed by atoms with E-state index in [0.717, 1.165) is 11.3 Å². The van der Waals surface area contributed by atoms with Gasteiger partial charge in [0, 0.05) is 0 Å². The molecular formula is C9H7BrClN3O2S2. The van der Waals surface area contributed by atoms with Gasteiger partial charge >= 0.3 is 0 Å². The molecule has 2 aromatic rings. The first-order valence-corrected chi connectivity index (χ1v) is 8.13. The highest BCUT2D eigenvalue weighted by Gasteiger charge is 2.19. The predicted octanol–water partition coefficient (Wildman–Crippen LogP) is 3.06. The van der Waals surface area contributed by atoms with Crippen LogP contribution in [0, 0.1) is 6.92 Å². The second-order valence-electron chi connectivity index (χ2n) is 3.31. The van der Waals surface area contributed by atoms with Crippen LogP contribution in [0.15, 0.2) is 27.1 Å². The Morgan fingerprint density at radius 2 is 2.17 bits per heavy atom. The molecule has 9 heteroatoms. The molecule has 0 fully saturated rings. The number of hydrogen-bond acceptors (Lipinski definition) is 5. The van der Waals surface area contributed by atoms with Crippen molar-refractivity contribution in [2.75, 3.05) is 4.72 Å². The summed E-state index contributed by atoms with van der Waals surface area (Å²) in [4.78, 5) is 8.03. The van der Waals surface area contributed by atoms with Gasteiger partial charge in [0.1, 0.15) is 8.81 Å². The number of sulfonamides is 1. The maximum absolute atomic E-state index is 12.0. The molecule has 0 bridgehead atoms. The van der Waals surface area contributed by atoms with Gasteiger partial charge in [0.2, 0.25) is 0 Å². The van der Waals surface area contributed by atoms with Crippen LogP contribution in [0.4, 0.5) is 5.82 Å². The van der Waals surface area contributed by atoms with Crippen LogP contribution in [-0.4, -0.2) is 18.4 Å². The molecule has 0 amide bonds. The average Bonchev–Trinajstić information content (AvgIpc) is 2.70. The number of halogens is 2. The third kappa shape index (κ3) is 3.00. The summed E-state index contributed by atoms with van der Waals surface area (Å²) in [7, 11) is -3.68. The van der Waals surface area contributed by atoms with E-state index in [4.69, 9.17) is 11.6 Å². The van der Waals surface area contributed by atoms with Crippen molar-refractivity contribution in [2.24, 2.45) is 0 Å². The Morgan fingerprint density at radius 3 is 2.72 bits per heavy atom. The molecule has 0 spiro atoms. The Balaban J connectivity index is 2.33. The molecule has 0 aliphatic heterocycles. The summed E-state index contributed by atoms with van der Waals surface area (Å²) in [6, 6.07) is 2.96. The Hall–Kier alpha value is -0.700. The summed E-state index contributed by atoms with van der Waals surface area (Å²) in [5.41, 5.74) is 0.684. The smallest absolute Gasteiger partial charge is 0.260 e. The Bertz CT molecular complexity index is 687. The highest BCUT2D eigenvalue weighted by Crippen LogP contribution is 2.28. The monoisotopic (exact) mass is 367 g/mol. The minimum Gasteiger partial charge on any atom is -0.260 e. The maximum atomic E-state index is 12.0. The van der Waals surface area contributed by atoms with Crippen molar-refractivity contribution in [1.29, 1.82) is 0 Å². The van der Waals surface area contributed by atoms with Crippen LogP contribution in [0.1, 0.15) is 5.69 Å². The molecule has 0 aliphatic carbocycles. The summed E-state index contributed by atoms with van der Waals surface area (Å²) in [6.07, 6.45) is 1.48. The standard InChI is InChI=1S/C9H7BrClN3O2S2/c1-5-4-12-9(8(10)13-5)14-18(15,16)7-3-2-6(11)17-7/h2-4H,1H3,(H,12,14).